The van der Waals surface area contributed by atoms with Gasteiger partial charge in [-0.3, -0.25) is 4.90 Å². The second-order valence-electron chi connectivity index (χ2n) is 7.85. The third-order valence-electron chi connectivity index (χ3n) is 5.94. The van der Waals surface area contributed by atoms with Crippen LogP contribution in [-0.4, -0.2) is 83.8 Å². The molecular formula is C22H29FN4O3. The number of anilines is 1. The quantitative estimate of drug-likeness (QED) is 0.611. The maximum atomic E-state index is 13.1. The van der Waals surface area contributed by atoms with Crippen molar-refractivity contribution < 1.29 is 19.3 Å². The standard InChI is InChI=1S/C22H29FN4O3/c23-17-6-4-16(5-7-17)13-24-14-18-21(22(29)19(15-28)30-18)27-11-9-26(10-12-27)20-3-1-2-8-25-20/h1-8,18-19,21-22,24,28-29H,9-15H2. The monoisotopic (exact) mass is 416 g/mol. The van der Waals surface area contributed by atoms with Crippen LogP contribution < -0.4 is 10.2 Å². The van der Waals surface area contributed by atoms with Crippen LogP contribution in [0.25, 0.3) is 0 Å². The fourth-order valence-corrected chi connectivity index (χ4v) is 4.35. The highest BCUT2D eigenvalue weighted by Crippen LogP contribution is 2.27. The lowest BCUT2D eigenvalue weighted by Gasteiger charge is -2.40. The van der Waals surface area contributed by atoms with Crippen LogP contribution in [0, 0.1) is 5.82 Å². The minimum absolute atomic E-state index is 0.186. The van der Waals surface area contributed by atoms with Crippen LogP contribution in [-0.2, 0) is 11.3 Å². The Kier molecular flexibility index (Phi) is 6.91. The van der Waals surface area contributed by atoms with E-state index >= 15 is 0 Å². The van der Waals surface area contributed by atoms with Crippen LogP contribution in [0.5, 0.6) is 0 Å². The zero-order valence-corrected chi connectivity index (χ0v) is 16.9. The summed E-state index contributed by atoms with van der Waals surface area (Å²) in [5.41, 5.74) is 0.981. The van der Waals surface area contributed by atoms with Gasteiger partial charge in [-0.15, -0.1) is 0 Å². The molecule has 4 atom stereocenters. The van der Waals surface area contributed by atoms with Crippen LogP contribution in [0.4, 0.5) is 10.2 Å². The first-order valence-electron chi connectivity index (χ1n) is 10.5. The molecule has 8 heteroatoms. The number of aromatic nitrogens is 1. The van der Waals surface area contributed by atoms with Gasteiger partial charge < -0.3 is 25.2 Å². The predicted octanol–water partition coefficient (Wildman–Crippen LogP) is 0.622. The van der Waals surface area contributed by atoms with Gasteiger partial charge in [0.05, 0.1) is 18.8 Å². The van der Waals surface area contributed by atoms with Crippen molar-refractivity contribution in [2.75, 3.05) is 44.2 Å². The van der Waals surface area contributed by atoms with Crippen molar-refractivity contribution in [2.24, 2.45) is 0 Å². The van der Waals surface area contributed by atoms with Gasteiger partial charge in [0, 0.05) is 45.5 Å². The molecule has 0 bridgehead atoms. The number of hydrogen-bond donors (Lipinski definition) is 3. The minimum Gasteiger partial charge on any atom is -0.394 e. The molecule has 7 nitrogen and oxygen atoms in total. The molecule has 0 aliphatic carbocycles. The van der Waals surface area contributed by atoms with Gasteiger partial charge >= 0.3 is 0 Å². The Labute approximate surface area is 176 Å². The zero-order valence-electron chi connectivity index (χ0n) is 16.9. The van der Waals surface area contributed by atoms with E-state index in [4.69, 9.17) is 4.74 Å². The minimum atomic E-state index is -0.742. The number of ether oxygens (including phenoxy) is 1. The van der Waals surface area contributed by atoms with Crippen molar-refractivity contribution in [2.45, 2.75) is 30.9 Å². The van der Waals surface area contributed by atoms with Crippen molar-refractivity contribution in [1.29, 1.82) is 0 Å². The lowest BCUT2D eigenvalue weighted by molar-refractivity contribution is -0.0213. The van der Waals surface area contributed by atoms with Crippen LogP contribution in [0.15, 0.2) is 48.7 Å². The van der Waals surface area contributed by atoms with Crippen molar-refractivity contribution in [3.63, 3.8) is 0 Å². The lowest BCUT2D eigenvalue weighted by Crippen LogP contribution is -2.57. The summed E-state index contributed by atoms with van der Waals surface area (Å²) in [6, 6.07) is 12.1. The summed E-state index contributed by atoms with van der Waals surface area (Å²) in [6.07, 6.45) is 0.236. The van der Waals surface area contributed by atoms with Crippen LogP contribution in [0.1, 0.15) is 5.56 Å². The van der Waals surface area contributed by atoms with E-state index in [9.17, 15) is 14.6 Å². The maximum absolute atomic E-state index is 13.1. The van der Waals surface area contributed by atoms with E-state index in [1.165, 1.54) is 12.1 Å². The Hall–Kier alpha value is -2.10. The first-order valence-corrected chi connectivity index (χ1v) is 10.5. The molecule has 1 aromatic carbocycles. The normalized spacial score (nSPS) is 27.5. The Morgan fingerprint density at radius 3 is 2.50 bits per heavy atom. The van der Waals surface area contributed by atoms with E-state index in [-0.39, 0.29) is 24.6 Å². The van der Waals surface area contributed by atoms with Gasteiger partial charge in [-0.25, -0.2) is 9.37 Å². The topological polar surface area (TPSA) is 81.1 Å². The number of nitrogens with one attached hydrogen (secondary N) is 1. The first kappa shape index (κ1) is 21.1. The Balaban J connectivity index is 1.35. The molecule has 2 aliphatic rings. The SMILES string of the molecule is OCC1OC(CNCc2ccc(F)cc2)C(N2CCN(c3ccccn3)CC2)C1O. The molecule has 0 radical (unpaired) electrons. The average Bonchev–Trinajstić information content (AvgIpc) is 3.11. The molecule has 30 heavy (non-hydrogen) atoms. The molecule has 4 unspecified atom stereocenters. The Bertz CT molecular complexity index is 787. The van der Waals surface area contributed by atoms with Gasteiger partial charge in [0.25, 0.3) is 0 Å². The van der Waals surface area contributed by atoms with Crippen molar-refractivity contribution >= 4 is 5.82 Å². The second-order valence-corrected chi connectivity index (χ2v) is 7.85. The molecule has 0 saturated carbocycles. The van der Waals surface area contributed by atoms with Gasteiger partial charge in [-0.05, 0) is 29.8 Å². The van der Waals surface area contributed by atoms with E-state index in [1.807, 2.05) is 18.2 Å². The maximum Gasteiger partial charge on any atom is 0.128 e. The molecule has 2 fully saturated rings. The molecular weight excluding hydrogens is 387 g/mol. The molecule has 2 aromatic rings. The predicted molar refractivity (Wildman–Crippen MR) is 112 cm³/mol. The highest BCUT2D eigenvalue weighted by Gasteiger charge is 2.46. The van der Waals surface area contributed by atoms with Gasteiger partial charge in [0.1, 0.15) is 23.8 Å². The first-order chi connectivity index (χ1) is 14.7. The summed E-state index contributed by atoms with van der Waals surface area (Å²) in [5.74, 6) is 0.711. The largest absolute Gasteiger partial charge is 0.394 e. The van der Waals surface area contributed by atoms with E-state index in [0.717, 1.165) is 37.6 Å². The molecule has 4 rings (SSSR count). The van der Waals surface area contributed by atoms with Crippen molar-refractivity contribution in [3.8, 4) is 0 Å². The summed E-state index contributed by atoms with van der Waals surface area (Å²) in [5, 5.41) is 23.7. The fraction of sp³-hybridized carbons (Fsp3) is 0.500. The number of halogens is 1. The fourth-order valence-electron chi connectivity index (χ4n) is 4.35. The number of aliphatic hydroxyl groups is 2. The summed E-state index contributed by atoms with van der Waals surface area (Å²) in [6.45, 7) is 4.12. The van der Waals surface area contributed by atoms with E-state index in [0.29, 0.717) is 13.1 Å². The molecule has 0 amide bonds. The van der Waals surface area contributed by atoms with Gasteiger partial charge in [0.15, 0.2) is 0 Å². The summed E-state index contributed by atoms with van der Waals surface area (Å²) in [4.78, 5) is 8.92. The molecule has 2 aliphatic heterocycles. The average molecular weight is 416 g/mol. The third kappa shape index (κ3) is 4.79. The number of aliphatic hydroxyl groups excluding tert-OH is 2. The molecule has 162 valence electrons. The summed E-state index contributed by atoms with van der Waals surface area (Å²) in [7, 11) is 0. The number of benzene rings is 1. The van der Waals surface area contributed by atoms with Crippen LogP contribution in [0.3, 0.4) is 0 Å². The van der Waals surface area contributed by atoms with Crippen LogP contribution >= 0.6 is 0 Å². The van der Waals surface area contributed by atoms with Gasteiger partial charge in [-0.1, -0.05) is 18.2 Å². The highest BCUT2D eigenvalue weighted by molar-refractivity contribution is 5.38. The van der Waals surface area contributed by atoms with E-state index in [2.05, 4.69) is 20.1 Å². The summed E-state index contributed by atoms with van der Waals surface area (Å²) >= 11 is 0. The second kappa shape index (κ2) is 9.80. The molecule has 2 saturated heterocycles. The number of piperazine rings is 1. The number of pyridine rings is 1. The van der Waals surface area contributed by atoms with Crippen LogP contribution in [0.2, 0.25) is 0 Å². The Morgan fingerprint density at radius 1 is 1.07 bits per heavy atom. The smallest absolute Gasteiger partial charge is 0.128 e. The van der Waals surface area contributed by atoms with E-state index in [1.54, 1.807) is 18.3 Å². The molecule has 1 aromatic heterocycles. The molecule has 0 spiro atoms. The Morgan fingerprint density at radius 2 is 1.83 bits per heavy atom. The number of nitrogens with zero attached hydrogens (tertiary/aromatic N) is 3. The van der Waals surface area contributed by atoms with E-state index < -0.39 is 12.2 Å². The molecule has 3 heterocycles. The summed E-state index contributed by atoms with van der Waals surface area (Å²) < 4.78 is 19.0. The third-order valence-corrected chi connectivity index (χ3v) is 5.94. The zero-order chi connectivity index (χ0) is 20.9. The number of hydrogen-bond acceptors (Lipinski definition) is 7. The lowest BCUT2D eigenvalue weighted by atomic mass is 10.0. The van der Waals surface area contributed by atoms with Gasteiger partial charge in [-0.2, -0.15) is 0 Å². The number of rotatable bonds is 7. The molecule has 3 N–H and O–H groups in total. The van der Waals surface area contributed by atoms with Gasteiger partial charge in [0.2, 0.25) is 0 Å². The highest BCUT2D eigenvalue weighted by atomic mass is 19.1. The van der Waals surface area contributed by atoms with Crippen molar-refractivity contribution in [3.05, 3.63) is 60.0 Å². The van der Waals surface area contributed by atoms with Crippen molar-refractivity contribution in [1.82, 2.24) is 15.2 Å².